The molecule has 0 aromatic heterocycles. The molecule has 1 fully saturated rings. The van der Waals surface area contributed by atoms with E-state index in [9.17, 15) is 9.90 Å². The summed E-state index contributed by atoms with van der Waals surface area (Å²) in [6.45, 7) is 1.43. The zero-order valence-corrected chi connectivity index (χ0v) is 9.13. The van der Waals surface area contributed by atoms with E-state index < -0.39 is 6.10 Å². The molecule has 1 saturated heterocycles. The Bertz CT molecular complexity index is 356. The predicted molar refractivity (Wildman–Crippen MR) is 60.3 cm³/mol. The second-order valence-electron chi connectivity index (χ2n) is 4.18. The Hall–Kier alpha value is -1.19. The summed E-state index contributed by atoms with van der Waals surface area (Å²) in [4.78, 5) is 10.7. The Morgan fingerprint density at radius 1 is 1.38 bits per heavy atom. The monoisotopic (exact) mass is 220 g/mol. The smallest absolute Gasteiger partial charge is 0.150 e. The molecule has 0 bridgehead atoms. The number of aldehydes is 1. The zero-order chi connectivity index (χ0) is 11.4. The molecule has 0 radical (unpaired) electrons. The molecular formula is C13H16O3. The van der Waals surface area contributed by atoms with E-state index in [1.807, 2.05) is 12.1 Å². The summed E-state index contributed by atoms with van der Waals surface area (Å²) in [6, 6.07) is 7.18. The maximum atomic E-state index is 10.7. The molecule has 16 heavy (non-hydrogen) atoms. The van der Waals surface area contributed by atoms with Crippen molar-refractivity contribution in [2.24, 2.45) is 5.92 Å². The molecule has 86 valence electrons. The van der Waals surface area contributed by atoms with Crippen LogP contribution in [-0.4, -0.2) is 24.6 Å². The molecule has 3 heteroatoms. The van der Waals surface area contributed by atoms with Gasteiger partial charge in [0.05, 0.1) is 6.10 Å². The van der Waals surface area contributed by atoms with Gasteiger partial charge in [-0.25, -0.2) is 0 Å². The van der Waals surface area contributed by atoms with Gasteiger partial charge in [0.2, 0.25) is 0 Å². The first-order valence-electron chi connectivity index (χ1n) is 5.62. The van der Waals surface area contributed by atoms with Crippen molar-refractivity contribution in [3.8, 4) is 0 Å². The Morgan fingerprint density at radius 3 is 2.81 bits per heavy atom. The lowest BCUT2D eigenvalue weighted by Crippen LogP contribution is -2.22. The molecule has 3 nitrogen and oxygen atoms in total. The van der Waals surface area contributed by atoms with Crippen LogP contribution in [0.3, 0.4) is 0 Å². The summed E-state index contributed by atoms with van der Waals surface area (Å²) >= 11 is 0. The maximum Gasteiger partial charge on any atom is 0.150 e. The van der Waals surface area contributed by atoms with Gasteiger partial charge in [-0.3, -0.25) is 4.79 Å². The second-order valence-corrected chi connectivity index (χ2v) is 4.18. The first-order chi connectivity index (χ1) is 7.81. The van der Waals surface area contributed by atoms with Crippen molar-refractivity contribution in [3.05, 3.63) is 35.4 Å². The zero-order valence-electron chi connectivity index (χ0n) is 9.13. The van der Waals surface area contributed by atoms with Gasteiger partial charge in [0.25, 0.3) is 0 Å². The van der Waals surface area contributed by atoms with Crippen LogP contribution in [0.1, 0.15) is 34.9 Å². The molecule has 2 rings (SSSR count). The molecule has 1 unspecified atom stereocenters. The minimum Gasteiger partial charge on any atom is -0.388 e. The molecule has 1 aliphatic heterocycles. The molecule has 0 saturated carbocycles. The van der Waals surface area contributed by atoms with Crippen LogP contribution in [0.4, 0.5) is 0 Å². The molecule has 0 amide bonds. The van der Waals surface area contributed by atoms with E-state index in [0.29, 0.717) is 5.56 Å². The SMILES string of the molecule is O=Cc1cccc(C(O)C2CCOCC2)c1. The Kier molecular flexibility index (Phi) is 3.70. The Balaban J connectivity index is 2.12. The first-order valence-corrected chi connectivity index (χ1v) is 5.62. The lowest BCUT2D eigenvalue weighted by Gasteiger charge is -2.27. The summed E-state index contributed by atoms with van der Waals surface area (Å²) in [6.07, 6.45) is 2.09. The van der Waals surface area contributed by atoms with E-state index in [4.69, 9.17) is 4.74 Å². The summed E-state index contributed by atoms with van der Waals surface area (Å²) in [5.74, 6) is 0.246. The second kappa shape index (κ2) is 5.23. The standard InChI is InChI=1S/C13H16O3/c14-9-10-2-1-3-12(8-10)13(15)11-4-6-16-7-5-11/h1-3,8-9,11,13,15H,4-7H2. The normalized spacial score (nSPS) is 19.3. The number of carbonyl (C=O) groups is 1. The average molecular weight is 220 g/mol. The molecule has 1 aromatic rings. The van der Waals surface area contributed by atoms with Crippen LogP contribution in [0, 0.1) is 5.92 Å². The quantitative estimate of drug-likeness (QED) is 0.792. The van der Waals surface area contributed by atoms with Gasteiger partial charge in [-0.1, -0.05) is 18.2 Å². The van der Waals surface area contributed by atoms with Crippen LogP contribution in [0.5, 0.6) is 0 Å². The van der Waals surface area contributed by atoms with Gasteiger partial charge in [-0.2, -0.15) is 0 Å². The van der Waals surface area contributed by atoms with E-state index in [1.165, 1.54) is 0 Å². The lowest BCUT2D eigenvalue weighted by molar-refractivity contribution is 0.00717. The van der Waals surface area contributed by atoms with Gasteiger partial charge in [0.1, 0.15) is 6.29 Å². The third-order valence-electron chi connectivity index (χ3n) is 3.10. The van der Waals surface area contributed by atoms with Gasteiger partial charge in [-0.15, -0.1) is 0 Å². The maximum absolute atomic E-state index is 10.7. The number of benzene rings is 1. The molecule has 0 spiro atoms. The molecule has 1 heterocycles. The van der Waals surface area contributed by atoms with Crippen LogP contribution in [0.25, 0.3) is 0 Å². The lowest BCUT2D eigenvalue weighted by atomic mass is 9.89. The van der Waals surface area contributed by atoms with E-state index in [1.54, 1.807) is 12.1 Å². The van der Waals surface area contributed by atoms with Gasteiger partial charge in [0, 0.05) is 18.8 Å². The molecule has 1 atom stereocenters. The van der Waals surface area contributed by atoms with Crippen LogP contribution in [-0.2, 0) is 4.74 Å². The molecule has 1 aliphatic rings. The predicted octanol–water partition coefficient (Wildman–Crippen LogP) is 1.96. The Morgan fingerprint density at radius 2 is 2.12 bits per heavy atom. The van der Waals surface area contributed by atoms with E-state index in [2.05, 4.69) is 0 Å². The third kappa shape index (κ3) is 2.49. The minimum atomic E-state index is -0.483. The van der Waals surface area contributed by atoms with Crippen molar-refractivity contribution in [2.75, 3.05) is 13.2 Å². The highest BCUT2D eigenvalue weighted by molar-refractivity contribution is 5.74. The molecule has 1 aromatic carbocycles. The number of hydrogen-bond acceptors (Lipinski definition) is 3. The third-order valence-corrected chi connectivity index (χ3v) is 3.10. The summed E-state index contributed by atoms with van der Waals surface area (Å²) in [7, 11) is 0. The fraction of sp³-hybridized carbons (Fsp3) is 0.462. The average Bonchev–Trinajstić information content (AvgIpc) is 2.39. The summed E-state index contributed by atoms with van der Waals surface area (Å²) < 4.78 is 5.26. The van der Waals surface area contributed by atoms with Gasteiger partial charge in [-0.05, 0) is 30.4 Å². The van der Waals surface area contributed by atoms with Crippen LogP contribution < -0.4 is 0 Å². The van der Waals surface area contributed by atoms with Crippen molar-refractivity contribution in [3.63, 3.8) is 0 Å². The molecule has 0 aliphatic carbocycles. The van der Waals surface area contributed by atoms with Crippen LogP contribution in [0.15, 0.2) is 24.3 Å². The van der Waals surface area contributed by atoms with Gasteiger partial charge >= 0.3 is 0 Å². The van der Waals surface area contributed by atoms with Crippen LogP contribution >= 0.6 is 0 Å². The van der Waals surface area contributed by atoms with Crippen molar-refractivity contribution in [1.29, 1.82) is 0 Å². The number of rotatable bonds is 3. The highest BCUT2D eigenvalue weighted by Gasteiger charge is 2.23. The van der Waals surface area contributed by atoms with E-state index in [-0.39, 0.29) is 5.92 Å². The van der Waals surface area contributed by atoms with E-state index in [0.717, 1.165) is 37.9 Å². The highest BCUT2D eigenvalue weighted by atomic mass is 16.5. The Labute approximate surface area is 95.0 Å². The molecule has 1 N–H and O–H groups in total. The largest absolute Gasteiger partial charge is 0.388 e. The fourth-order valence-electron chi connectivity index (χ4n) is 2.12. The fourth-order valence-corrected chi connectivity index (χ4v) is 2.12. The van der Waals surface area contributed by atoms with Gasteiger partial charge < -0.3 is 9.84 Å². The minimum absolute atomic E-state index is 0.246. The van der Waals surface area contributed by atoms with Gasteiger partial charge in [0.15, 0.2) is 0 Å². The first kappa shape index (κ1) is 11.3. The number of ether oxygens (including phenoxy) is 1. The van der Waals surface area contributed by atoms with Crippen molar-refractivity contribution in [1.82, 2.24) is 0 Å². The van der Waals surface area contributed by atoms with Crippen molar-refractivity contribution in [2.45, 2.75) is 18.9 Å². The number of hydrogen-bond donors (Lipinski definition) is 1. The van der Waals surface area contributed by atoms with Crippen molar-refractivity contribution < 1.29 is 14.6 Å². The number of carbonyl (C=O) groups excluding carboxylic acids is 1. The van der Waals surface area contributed by atoms with Crippen LogP contribution in [0.2, 0.25) is 0 Å². The van der Waals surface area contributed by atoms with E-state index >= 15 is 0 Å². The summed E-state index contributed by atoms with van der Waals surface area (Å²) in [5, 5.41) is 10.2. The highest BCUT2D eigenvalue weighted by Crippen LogP contribution is 2.29. The van der Waals surface area contributed by atoms with Crippen molar-refractivity contribution >= 4 is 6.29 Å². The summed E-state index contributed by atoms with van der Waals surface area (Å²) in [5.41, 5.74) is 1.44. The number of aliphatic hydroxyl groups excluding tert-OH is 1. The topological polar surface area (TPSA) is 46.5 Å². The molecular weight excluding hydrogens is 204 g/mol. The number of aliphatic hydroxyl groups is 1.